The summed E-state index contributed by atoms with van der Waals surface area (Å²) in [4.78, 5) is 37.7. The predicted molar refractivity (Wildman–Crippen MR) is 128 cm³/mol. The Morgan fingerprint density at radius 2 is 1.51 bits per heavy atom. The van der Waals surface area contributed by atoms with E-state index < -0.39 is 31.1 Å². The van der Waals surface area contributed by atoms with Gasteiger partial charge >= 0.3 is 19.4 Å². The standard InChI is InChI=1S/C23H28N3O8P/c1-4-19(27)23(22(29)30,34-18-10-8-7-9-11-18)25-21(28)17-14-12-16(13-15-17)20(24)26-35(31,32-5-2)33-6-3/h7-15H,4-6H2,1-3H3,(H,25,28)(H,29,30)(H2,24,26,31). The van der Waals surface area contributed by atoms with E-state index in [-0.39, 0.29) is 36.8 Å². The van der Waals surface area contributed by atoms with Crippen LogP contribution in [0.1, 0.15) is 43.1 Å². The molecule has 0 aliphatic heterocycles. The van der Waals surface area contributed by atoms with Crippen LogP contribution in [0.15, 0.2) is 59.4 Å². The number of hydrogen-bond donors (Lipinski definition) is 3. The lowest BCUT2D eigenvalue weighted by Crippen LogP contribution is -2.64. The van der Waals surface area contributed by atoms with Gasteiger partial charge in [-0.05, 0) is 38.1 Å². The third kappa shape index (κ3) is 6.98. The highest BCUT2D eigenvalue weighted by atomic mass is 31.2. The molecule has 0 fully saturated rings. The Balaban J connectivity index is 2.33. The van der Waals surface area contributed by atoms with E-state index in [4.69, 9.17) is 19.5 Å². The predicted octanol–water partition coefficient (Wildman–Crippen LogP) is 3.14. The van der Waals surface area contributed by atoms with Crippen LogP contribution in [0.3, 0.4) is 0 Å². The Labute approximate surface area is 202 Å². The molecular formula is C23H28N3O8P. The molecule has 0 saturated carbocycles. The number of nitrogens with two attached hydrogens (primary N) is 1. The summed E-state index contributed by atoms with van der Waals surface area (Å²) in [5, 5.41) is 12.1. The number of Topliss-reactive ketones (excluding diaryl/α,β-unsaturated/α-hetero) is 1. The number of hydrogen-bond acceptors (Lipinski definition) is 7. The molecule has 0 aliphatic rings. The van der Waals surface area contributed by atoms with Crippen LogP contribution in [0.25, 0.3) is 0 Å². The molecule has 2 aromatic rings. The SMILES string of the molecule is CCOP(=O)(N=C(N)c1ccc(C(=O)NC(Oc2ccccc2)(C(=O)O)C(=O)CC)cc1)OCC. The van der Waals surface area contributed by atoms with Crippen LogP contribution in [0.2, 0.25) is 0 Å². The second-order valence-corrected chi connectivity index (χ2v) is 8.65. The molecular weight excluding hydrogens is 477 g/mol. The smallest absolute Gasteiger partial charge is 0.455 e. The van der Waals surface area contributed by atoms with Crippen LogP contribution in [0.5, 0.6) is 5.75 Å². The number of amides is 1. The lowest BCUT2D eigenvalue weighted by atomic mass is 10.0. The van der Waals surface area contributed by atoms with E-state index in [1.807, 2.05) is 0 Å². The van der Waals surface area contributed by atoms with Crippen LogP contribution in [0, 0.1) is 0 Å². The van der Waals surface area contributed by atoms with Crippen molar-refractivity contribution in [2.75, 3.05) is 13.2 Å². The van der Waals surface area contributed by atoms with Crippen molar-refractivity contribution in [3.05, 3.63) is 65.7 Å². The van der Waals surface area contributed by atoms with Gasteiger partial charge in [-0.3, -0.25) is 24.0 Å². The molecule has 1 atom stereocenters. The van der Waals surface area contributed by atoms with Gasteiger partial charge in [-0.2, -0.15) is 4.76 Å². The van der Waals surface area contributed by atoms with Crippen molar-refractivity contribution >= 4 is 31.2 Å². The summed E-state index contributed by atoms with van der Waals surface area (Å²) < 4.78 is 32.1. The van der Waals surface area contributed by atoms with E-state index in [2.05, 4.69) is 10.1 Å². The summed E-state index contributed by atoms with van der Waals surface area (Å²) >= 11 is 0. The fourth-order valence-corrected chi connectivity index (χ4v) is 4.14. The average Bonchev–Trinajstić information content (AvgIpc) is 2.83. The second kappa shape index (κ2) is 12.3. The highest BCUT2D eigenvalue weighted by Crippen LogP contribution is 2.49. The number of para-hydroxylation sites is 1. The third-order valence-corrected chi connectivity index (χ3v) is 6.21. The zero-order valence-electron chi connectivity index (χ0n) is 19.6. The molecule has 188 valence electrons. The maximum Gasteiger partial charge on any atom is 0.455 e. The number of amidine groups is 1. The van der Waals surface area contributed by atoms with Gasteiger partial charge in [0, 0.05) is 17.5 Å². The van der Waals surface area contributed by atoms with Crippen molar-refractivity contribution in [2.45, 2.75) is 32.9 Å². The summed E-state index contributed by atoms with van der Waals surface area (Å²) in [6, 6.07) is 13.3. The highest BCUT2D eigenvalue weighted by Gasteiger charge is 2.49. The number of benzene rings is 2. The number of carboxylic acids is 1. The number of aliphatic carboxylic acids is 1. The second-order valence-electron chi connectivity index (χ2n) is 7.00. The first-order valence-corrected chi connectivity index (χ1v) is 12.3. The molecule has 1 unspecified atom stereocenters. The minimum Gasteiger partial charge on any atom is -0.476 e. The fourth-order valence-electron chi connectivity index (χ4n) is 2.92. The average molecular weight is 505 g/mol. The first-order valence-electron chi connectivity index (χ1n) is 10.8. The third-order valence-electron chi connectivity index (χ3n) is 4.58. The summed E-state index contributed by atoms with van der Waals surface area (Å²) in [5.74, 6) is -3.45. The maximum absolute atomic E-state index is 12.9. The molecule has 0 bridgehead atoms. The van der Waals surface area contributed by atoms with Crippen molar-refractivity contribution in [3.63, 3.8) is 0 Å². The van der Waals surface area contributed by atoms with Crippen LogP contribution in [-0.2, 0) is 23.2 Å². The molecule has 12 heteroatoms. The normalized spacial score (nSPS) is 13.5. The molecule has 0 heterocycles. The molecule has 2 aromatic carbocycles. The largest absolute Gasteiger partial charge is 0.476 e. The summed E-state index contributed by atoms with van der Waals surface area (Å²) in [6.07, 6.45) is -0.203. The number of ketones is 1. The van der Waals surface area contributed by atoms with E-state index in [0.29, 0.717) is 5.56 Å². The Hall–Kier alpha value is -3.53. The van der Waals surface area contributed by atoms with E-state index in [1.165, 1.54) is 43.3 Å². The number of nitrogens with zero attached hydrogens (tertiary/aromatic N) is 1. The number of nitrogens with one attached hydrogen (secondary N) is 1. The van der Waals surface area contributed by atoms with Crippen LogP contribution >= 0.6 is 7.75 Å². The molecule has 2 rings (SSSR count). The first-order chi connectivity index (χ1) is 16.6. The van der Waals surface area contributed by atoms with Gasteiger partial charge in [0.25, 0.3) is 5.91 Å². The Morgan fingerprint density at radius 3 is 2.00 bits per heavy atom. The molecule has 1 amide bonds. The van der Waals surface area contributed by atoms with Gasteiger partial charge < -0.3 is 15.6 Å². The molecule has 0 saturated heterocycles. The molecule has 0 spiro atoms. The van der Waals surface area contributed by atoms with Crippen LogP contribution in [-0.4, -0.2) is 47.5 Å². The maximum atomic E-state index is 12.9. The summed E-state index contributed by atoms with van der Waals surface area (Å²) in [6.45, 7) is 4.92. The van der Waals surface area contributed by atoms with Crippen molar-refractivity contribution in [1.29, 1.82) is 0 Å². The number of rotatable bonds is 13. The van der Waals surface area contributed by atoms with Crippen LogP contribution in [0.4, 0.5) is 0 Å². The topological polar surface area (TPSA) is 167 Å². The Morgan fingerprint density at radius 1 is 0.971 bits per heavy atom. The zero-order valence-corrected chi connectivity index (χ0v) is 20.5. The fraction of sp³-hybridized carbons (Fsp3) is 0.304. The molecule has 11 nitrogen and oxygen atoms in total. The lowest BCUT2D eigenvalue weighted by molar-refractivity contribution is -0.164. The van der Waals surface area contributed by atoms with Crippen molar-refractivity contribution < 1.29 is 37.8 Å². The molecule has 35 heavy (non-hydrogen) atoms. The number of carbonyl (C=O) groups is 3. The van der Waals surface area contributed by atoms with Gasteiger partial charge in [-0.1, -0.05) is 37.3 Å². The van der Waals surface area contributed by atoms with Crippen LogP contribution < -0.4 is 15.8 Å². The lowest BCUT2D eigenvalue weighted by Gasteiger charge is -2.29. The van der Waals surface area contributed by atoms with E-state index in [1.54, 1.807) is 32.0 Å². The molecule has 0 aliphatic carbocycles. The van der Waals surface area contributed by atoms with Crippen molar-refractivity contribution in [2.24, 2.45) is 10.5 Å². The first kappa shape index (κ1) is 27.7. The van der Waals surface area contributed by atoms with E-state index in [0.717, 1.165) is 0 Å². The Bertz CT molecular complexity index is 1110. The van der Waals surface area contributed by atoms with Gasteiger partial charge in [-0.15, -0.1) is 0 Å². The van der Waals surface area contributed by atoms with E-state index >= 15 is 0 Å². The zero-order chi connectivity index (χ0) is 26.1. The minimum absolute atomic E-state index is 0.0190. The van der Waals surface area contributed by atoms with Gasteiger partial charge in [0.1, 0.15) is 11.6 Å². The van der Waals surface area contributed by atoms with Gasteiger partial charge in [0.2, 0.25) is 5.78 Å². The highest BCUT2D eigenvalue weighted by molar-refractivity contribution is 7.52. The minimum atomic E-state index is -3.79. The Kier molecular flexibility index (Phi) is 9.70. The molecule has 4 N–H and O–H groups in total. The molecule has 0 aromatic heterocycles. The van der Waals surface area contributed by atoms with Gasteiger partial charge in [-0.25, -0.2) is 9.36 Å². The molecule has 0 radical (unpaired) electrons. The van der Waals surface area contributed by atoms with Crippen molar-refractivity contribution in [1.82, 2.24) is 5.32 Å². The van der Waals surface area contributed by atoms with Gasteiger partial charge in [0.05, 0.1) is 13.2 Å². The number of carbonyl (C=O) groups excluding carboxylic acids is 2. The summed E-state index contributed by atoms with van der Waals surface area (Å²) in [5.41, 5.74) is 3.63. The van der Waals surface area contributed by atoms with Crippen molar-refractivity contribution in [3.8, 4) is 5.75 Å². The number of ether oxygens (including phenoxy) is 1. The van der Waals surface area contributed by atoms with Gasteiger partial charge in [0.15, 0.2) is 0 Å². The number of carboxylic acid groups (broad SMARTS) is 1. The summed E-state index contributed by atoms with van der Waals surface area (Å²) in [7, 11) is -3.79. The quantitative estimate of drug-likeness (QED) is 0.122. The van der Waals surface area contributed by atoms with E-state index in [9.17, 15) is 24.1 Å². The monoisotopic (exact) mass is 505 g/mol.